The smallest absolute Gasteiger partial charge is 0.243 e. The zero-order chi connectivity index (χ0) is 30.2. The molecule has 0 aliphatic carbocycles. The molecule has 3 amide bonds. The average Bonchev–Trinajstić information content (AvgIpc) is 3.36. The van der Waals surface area contributed by atoms with Crippen LogP contribution in [0.3, 0.4) is 0 Å². The van der Waals surface area contributed by atoms with Crippen LogP contribution in [0.1, 0.15) is 58.0 Å². The van der Waals surface area contributed by atoms with Gasteiger partial charge in [-0.05, 0) is 30.0 Å². The van der Waals surface area contributed by atoms with E-state index in [9.17, 15) is 22.8 Å². The lowest BCUT2D eigenvalue weighted by atomic mass is 9.98. The lowest BCUT2D eigenvalue weighted by Gasteiger charge is -2.30. The Labute approximate surface area is 248 Å². The van der Waals surface area contributed by atoms with Gasteiger partial charge in [0.15, 0.2) is 9.84 Å². The Hall–Kier alpha value is -2.57. The van der Waals surface area contributed by atoms with Gasteiger partial charge in [-0.15, -0.1) is 11.3 Å². The SMILES string of the molecule is CCC(=O)N[C@@H](Cc1nc2ccc(CC)cc2s1)C(=O)N[C@H](CNC(=O)C(C)CN1CCS(=O)(=O)CC1)[C@@H](C)CC. The van der Waals surface area contributed by atoms with Crippen LogP contribution in [0, 0.1) is 11.8 Å². The predicted octanol–water partition coefficient (Wildman–Crippen LogP) is 2.31. The van der Waals surface area contributed by atoms with Crippen molar-refractivity contribution in [3.05, 3.63) is 28.8 Å². The predicted molar refractivity (Wildman–Crippen MR) is 164 cm³/mol. The molecule has 1 unspecified atom stereocenters. The highest BCUT2D eigenvalue weighted by Gasteiger charge is 2.28. The van der Waals surface area contributed by atoms with Crippen LogP contribution in [-0.4, -0.2) is 85.8 Å². The Kier molecular flexibility index (Phi) is 12.1. The molecular formula is C29H45N5O5S2. The van der Waals surface area contributed by atoms with Gasteiger partial charge in [0.25, 0.3) is 0 Å². The number of aryl methyl sites for hydroxylation is 1. The van der Waals surface area contributed by atoms with Crippen LogP contribution in [-0.2, 0) is 37.1 Å². The number of fused-ring (bicyclic) bond motifs is 1. The van der Waals surface area contributed by atoms with E-state index in [1.807, 2.05) is 31.7 Å². The van der Waals surface area contributed by atoms with Gasteiger partial charge < -0.3 is 20.9 Å². The Morgan fingerprint density at radius 1 is 1.05 bits per heavy atom. The Morgan fingerprint density at radius 3 is 2.39 bits per heavy atom. The van der Waals surface area contributed by atoms with E-state index in [2.05, 4.69) is 35.0 Å². The van der Waals surface area contributed by atoms with E-state index < -0.39 is 15.9 Å². The molecule has 0 radical (unpaired) electrons. The molecule has 1 fully saturated rings. The number of carbonyl (C=O) groups is 3. The van der Waals surface area contributed by atoms with Crippen LogP contribution in [0.2, 0.25) is 0 Å². The maximum absolute atomic E-state index is 13.5. The number of sulfone groups is 1. The summed E-state index contributed by atoms with van der Waals surface area (Å²) >= 11 is 1.53. The maximum atomic E-state index is 13.5. The molecule has 1 saturated heterocycles. The van der Waals surface area contributed by atoms with Crippen LogP contribution >= 0.6 is 11.3 Å². The number of nitrogens with one attached hydrogen (secondary N) is 3. The van der Waals surface area contributed by atoms with E-state index in [-0.39, 0.29) is 66.5 Å². The van der Waals surface area contributed by atoms with E-state index in [0.29, 0.717) is 19.6 Å². The van der Waals surface area contributed by atoms with Gasteiger partial charge in [0.2, 0.25) is 17.7 Å². The largest absolute Gasteiger partial charge is 0.354 e. The summed E-state index contributed by atoms with van der Waals surface area (Å²) in [5.41, 5.74) is 2.10. The van der Waals surface area contributed by atoms with Gasteiger partial charge in [0.1, 0.15) is 6.04 Å². The summed E-state index contributed by atoms with van der Waals surface area (Å²) in [6.45, 7) is 11.3. The van der Waals surface area contributed by atoms with E-state index in [4.69, 9.17) is 4.98 Å². The fourth-order valence-corrected chi connectivity index (χ4v) is 7.11. The molecule has 2 heterocycles. The Balaban J connectivity index is 1.64. The zero-order valence-corrected chi connectivity index (χ0v) is 26.5. The van der Waals surface area contributed by atoms with Gasteiger partial charge in [-0.25, -0.2) is 13.4 Å². The molecule has 3 N–H and O–H groups in total. The summed E-state index contributed by atoms with van der Waals surface area (Å²) in [4.78, 5) is 45.5. The second-order valence-corrected chi connectivity index (χ2v) is 14.5. The number of rotatable bonds is 14. The lowest BCUT2D eigenvalue weighted by Crippen LogP contribution is -2.55. The number of amides is 3. The number of thiazole rings is 1. The third-order valence-electron chi connectivity index (χ3n) is 7.83. The monoisotopic (exact) mass is 607 g/mol. The number of nitrogens with zero attached hydrogens (tertiary/aromatic N) is 2. The summed E-state index contributed by atoms with van der Waals surface area (Å²) in [5.74, 6) is -0.661. The van der Waals surface area contributed by atoms with Crippen molar-refractivity contribution in [3.63, 3.8) is 0 Å². The molecule has 41 heavy (non-hydrogen) atoms. The second-order valence-electron chi connectivity index (χ2n) is 11.0. The quantitative estimate of drug-likeness (QED) is 0.300. The Morgan fingerprint density at radius 2 is 1.76 bits per heavy atom. The van der Waals surface area contributed by atoms with E-state index in [1.165, 1.54) is 16.9 Å². The molecule has 0 spiro atoms. The molecule has 1 aromatic heterocycles. The van der Waals surface area contributed by atoms with Crippen molar-refractivity contribution in [1.29, 1.82) is 0 Å². The maximum Gasteiger partial charge on any atom is 0.243 e. The van der Waals surface area contributed by atoms with Gasteiger partial charge >= 0.3 is 0 Å². The molecule has 10 nitrogen and oxygen atoms in total. The molecule has 1 aliphatic heterocycles. The first kappa shape index (κ1) is 32.9. The highest BCUT2D eigenvalue weighted by Crippen LogP contribution is 2.24. The van der Waals surface area contributed by atoms with Gasteiger partial charge in [0.05, 0.1) is 26.7 Å². The first-order chi connectivity index (χ1) is 19.4. The van der Waals surface area contributed by atoms with E-state index >= 15 is 0 Å². The van der Waals surface area contributed by atoms with Crippen molar-refractivity contribution in [2.45, 2.75) is 72.4 Å². The number of benzene rings is 1. The normalized spacial score (nSPS) is 18.3. The van der Waals surface area contributed by atoms with Crippen LogP contribution in [0.15, 0.2) is 18.2 Å². The summed E-state index contributed by atoms with van der Waals surface area (Å²) < 4.78 is 24.5. The molecule has 1 aromatic carbocycles. The van der Waals surface area contributed by atoms with Crippen molar-refractivity contribution in [3.8, 4) is 0 Å². The number of aromatic nitrogens is 1. The minimum Gasteiger partial charge on any atom is -0.354 e. The van der Waals surface area contributed by atoms with Crippen LogP contribution in [0.5, 0.6) is 0 Å². The minimum absolute atomic E-state index is 0.0827. The summed E-state index contributed by atoms with van der Waals surface area (Å²) in [7, 11) is -2.98. The lowest BCUT2D eigenvalue weighted by molar-refractivity contribution is -0.129. The van der Waals surface area contributed by atoms with Crippen molar-refractivity contribution >= 4 is 49.1 Å². The molecular weight excluding hydrogens is 562 g/mol. The van der Waals surface area contributed by atoms with Crippen molar-refractivity contribution < 1.29 is 22.8 Å². The molecule has 3 rings (SSSR count). The van der Waals surface area contributed by atoms with Crippen LogP contribution in [0.4, 0.5) is 0 Å². The fourth-order valence-electron chi connectivity index (χ4n) is 4.75. The summed E-state index contributed by atoms with van der Waals surface area (Å²) in [5, 5.41) is 9.70. The van der Waals surface area contributed by atoms with Gasteiger partial charge in [-0.1, -0.05) is 47.1 Å². The third-order valence-corrected chi connectivity index (χ3v) is 10.5. The molecule has 12 heteroatoms. The zero-order valence-electron chi connectivity index (χ0n) is 24.9. The topological polar surface area (TPSA) is 138 Å². The molecule has 1 aliphatic rings. The van der Waals surface area contributed by atoms with Crippen molar-refractivity contribution in [1.82, 2.24) is 25.8 Å². The second kappa shape index (κ2) is 15.1. The van der Waals surface area contributed by atoms with Gasteiger partial charge in [0, 0.05) is 51.0 Å². The fraction of sp³-hybridized carbons (Fsp3) is 0.655. The first-order valence-corrected chi connectivity index (χ1v) is 17.3. The molecule has 4 atom stereocenters. The highest BCUT2D eigenvalue weighted by molar-refractivity contribution is 7.91. The molecule has 228 valence electrons. The standard InChI is InChI=1S/C29H45N5O5S2/c1-6-19(4)24(17-30-28(36)20(5)18-34-11-13-41(38,39)14-12-34)33-29(37)23(31-26(35)8-3)16-27-32-22-10-9-21(7-2)15-25(22)40-27/h9-10,15,19-20,23-24H,6-8,11-14,16-18H2,1-5H3,(H,30,36)(H,31,35)(H,33,37)/t19-,20?,23-,24+/m0/s1. The van der Waals surface area contributed by atoms with E-state index in [1.54, 1.807) is 6.92 Å². The van der Waals surface area contributed by atoms with Crippen LogP contribution < -0.4 is 16.0 Å². The number of hydrogen-bond donors (Lipinski definition) is 3. The van der Waals surface area contributed by atoms with Crippen molar-refractivity contribution in [2.24, 2.45) is 11.8 Å². The van der Waals surface area contributed by atoms with Crippen molar-refractivity contribution in [2.75, 3.05) is 37.7 Å². The molecule has 0 bridgehead atoms. The van der Waals surface area contributed by atoms with Gasteiger partial charge in [-0.2, -0.15) is 0 Å². The first-order valence-electron chi connectivity index (χ1n) is 14.6. The summed E-state index contributed by atoms with van der Waals surface area (Å²) in [6, 6.07) is 5.05. The van der Waals surface area contributed by atoms with E-state index in [0.717, 1.165) is 28.1 Å². The summed E-state index contributed by atoms with van der Waals surface area (Å²) in [6.07, 6.45) is 2.26. The minimum atomic E-state index is -2.98. The average molecular weight is 608 g/mol. The number of hydrogen-bond acceptors (Lipinski definition) is 8. The molecule has 2 aromatic rings. The molecule has 0 saturated carbocycles. The highest BCUT2D eigenvalue weighted by atomic mass is 32.2. The number of carbonyl (C=O) groups excluding carboxylic acids is 3. The van der Waals surface area contributed by atoms with Crippen LogP contribution in [0.25, 0.3) is 10.2 Å². The Bertz CT molecular complexity index is 1300. The van der Waals surface area contributed by atoms with Gasteiger partial charge in [-0.3, -0.25) is 14.4 Å². The third kappa shape index (κ3) is 9.75.